The number of methoxy groups -OCH3 is 2. The Balaban J connectivity index is 0.000000170. The summed E-state index contributed by atoms with van der Waals surface area (Å²) >= 11 is 3.27. The van der Waals surface area contributed by atoms with Gasteiger partial charge in [0.25, 0.3) is 10.1 Å². The highest BCUT2D eigenvalue weighted by molar-refractivity contribution is 9.10. The zero-order valence-electron chi connectivity index (χ0n) is 70.6. The summed E-state index contributed by atoms with van der Waals surface area (Å²) in [6, 6.07) is 22.1. The minimum Gasteiger partial charge on any atom is -0.497 e. The summed E-state index contributed by atoms with van der Waals surface area (Å²) in [5.41, 5.74) is -2.63. The number of halogens is 1. The molecule has 31 heteroatoms. The SMILES string of the molecule is C=C[C@@H]1C[C@]1(CC(=O)[C@@H]1C[C@@H](Oc2cc(-n3ccc(NC(C)C)n3)nc3cc(OC)ccc23)CN1C(=O)[C@@H](CC(=O)OC1C[C@@H]2C[C@@H]2C1)C(C)(C)C)C(=O)O.C=C[C@@H]1C[C@]1(CC(=O)[C@@H]1C[C@H](OS(=O)(=O)c2ccc(Br)cc2)CN1C(=O)[C@@H](CC(=O)OC1C[C@@H]2C[C@@H]2C1)C(C)(C)C)C(=O)O.COc1ccc2c(=O)cc(-n3ccc(NC(C)C)n3)[nH]c2c1. The average Bonchev–Trinajstić information content (AvgIpc) is 1.58. The number of fused-ring (bicyclic) bond motifs is 4. The number of aliphatic carboxylic acids is 2. The number of aromatic nitrogens is 6. The van der Waals surface area contributed by atoms with Crippen LogP contribution in [0.25, 0.3) is 33.4 Å². The predicted octanol–water partition coefficient (Wildman–Crippen LogP) is 13.5. The van der Waals surface area contributed by atoms with Gasteiger partial charge < -0.3 is 59.3 Å². The number of Topliss-reactive ketones (excluding diaryl/α,β-unsaturated/α-hetero) is 2. The molecular weight excluding hydrogens is 1640 g/mol. The van der Waals surface area contributed by atoms with Crippen LogP contribution in [0.1, 0.15) is 159 Å². The third-order valence-corrected chi connectivity index (χ3v) is 27.0. The normalized spacial score (nSPS) is 25.9. The van der Waals surface area contributed by atoms with Gasteiger partial charge in [0.2, 0.25) is 11.8 Å². The zero-order valence-corrected chi connectivity index (χ0v) is 73.0. The lowest BCUT2D eigenvalue weighted by molar-refractivity contribution is -0.157. The van der Waals surface area contributed by atoms with E-state index in [9.17, 15) is 61.8 Å². The lowest BCUT2D eigenvalue weighted by Gasteiger charge is -2.35. The number of carboxylic acids is 2. The van der Waals surface area contributed by atoms with Gasteiger partial charge in [0.15, 0.2) is 22.8 Å². The van der Waals surface area contributed by atoms with Crippen molar-refractivity contribution in [1.29, 1.82) is 0 Å². The van der Waals surface area contributed by atoms with Crippen LogP contribution < -0.4 is 30.3 Å². The fourth-order valence-corrected chi connectivity index (χ4v) is 19.3. The lowest BCUT2D eigenvalue weighted by Crippen LogP contribution is -2.48. The molecule has 648 valence electrons. The van der Waals surface area contributed by atoms with E-state index in [1.807, 2.05) is 99.7 Å². The van der Waals surface area contributed by atoms with Crippen molar-refractivity contribution in [2.75, 3.05) is 37.9 Å². The van der Waals surface area contributed by atoms with E-state index in [4.69, 9.17) is 32.9 Å². The second-order valence-corrected chi connectivity index (χ2v) is 39.2. The smallest absolute Gasteiger partial charge is 0.310 e. The van der Waals surface area contributed by atoms with Gasteiger partial charge in [0.05, 0.1) is 90.4 Å². The van der Waals surface area contributed by atoms with E-state index < -0.39 is 103 Å². The summed E-state index contributed by atoms with van der Waals surface area (Å²) in [5, 5.41) is 37.0. The number of nitrogens with one attached hydrogen (secondary N) is 3. The number of esters is 2. The van der Waals surface area contributed by atoms with Crippen LogP contribution in [0.2, 0.25) is 0 Å². The molecule has 6 saturated carbocycles. The van der Waals surface area contributed by atoms with Crippen LogP contribution in [-0.2, 0) is 62.1 Å². The second kappa shape index (κ2) is 35.3. The molecule has 2 saturated heterocycles. The Kier molecular flexibility index (Phi) is 25.8. The first kappa shape index (κ1) is 88.5. The van der Waals surface area contributed by atoms with Crippen LogP contribution in [0.4, 0.5) is 11.6 Å². The topological polar surface area (TPSA) is 378 Å². The molecule has 5 N–H and O–H groups in total. The predicted molar refractivity (Wildman–Crippen MR) is 455 cm³/mol. The highest BCUT2D eigenvalue weighted by atomic mass is 79.9. The quantitative estimate of drug-likeness (QED) is 0.0153. The highest BCUT2D eigenvalue weighted by Crippen LogP contribution is 2.59. The number of aromatic amines is 1. The number of nitrogens with zero attached hydrogens (tertiary/aromatic N) is 7. The number of ether oxygens (including phenoxy) is 5. The number of carbonyl (C=O) groups excluding carboxylic acids is 6. The molecule has 2 amide bonds. The van der Waals surface area contributed by atoms with Crippen molar-refractivity contribution in [3.63, 3.8) is 0 Å². The maximum atomic E-state index is 14.7. The number of ketones is 2. The van der Waals surface area contributed by atoms with Crippen molar-refractivity contribution in [3.8, 4) is 28.9 Å². The van der Waals surface area contributed by atoms with Gasteiger partial charge in [-0.15, -0.1) is 23.4 Å². The van der Waals surface area contributed by atoms with Gasteiger partial charge in [-0.3, -0.25) is 47.3 Å². The van der Waals surface area contributed by atoms with Crippen LogP contribution >= 0.6 is 15.9 Å². The van der Waals surface area contributed by atoms with Gasteiger partial charge in [0, 0.05) is 108 Å². The number of H-pyrrole nitrogens is 1. The molecule has 3 aromatic carbocycles. The molecular formula is C90H111BrN10O19S. The van der Waals surface area contributed by atoms with E-state index in [0.717, 1.165) is 37.0 Å². The van der Waals surface area contributed by atoms with E-state index in [2.05, 4.69) is 54.9 Å². The Morgan fingerprint density at radius 1 is 0.603 bits per heavy atom. The summed E-state index contributed by atoms with van der Waals surface area (Å²) in [5.74, 6) is -0.234. The van der Waals surface area contributed by atoms with Crippen LogP contribution in [0, 0.1) is 69.0 Å². The number of rotatable bonds is 31. The van der Waals surface area contributed by atoms with Crippen LogP contribution in [0.15, 0.2) is 137 Å². The van der Waals surface area contributed by atoms with Gasteiger partial charge in [-0.05, 0) is 174 Å². The molecule has 8 fully saturated rings. The molecule has 4 aromatic heterocycles. The van der Waals surface area contributed by atoms with Crippen molar-refractivity contribution in [2.24, 2.45) is 69.0 Å². The van der Waals surface area contributed by atoms with Crippen LogP contribution in [0.5, 0.6) is 17.2 Å². The second-order valence-electron chi connectivity index (χ2n) is 36.8. The van der Waals surface area contributed by atoms with E-state index in [0.29, 0.717) is 91.6 Å². The number of hydrogen-bond acceptors (Lipinski definition) is 22. The molecule has 8 aliphatic rings. The maximum Gasteiger partial charge on any atom is 0.310 e. The third kappa shape index (κ3) is 20.3. The number of likely N-dealkylation sites (tertiary alicyclic amines) is 2. The molecule has 2 unspecified atom stereocenters. The summed E-state index contributed by atoms with van der Waals surface area (Å²) in [7, 11) is -1.06. The Hall–Kier alpha value is -10.3. The monoisotopic (exact) mass is 1750 g/mol. The number of hydrogen-bond donors (Lipinski definition) is 5. The lowest BCUT2D eigenvalue weighted by atomic mass is 9.77. The fraction of sp³-hybridized carbons (Fsp3) is 0.533. The summed E-state index contributed by atoms with van der Waals surface area (Å²) in [6.45, 7) is 26.7. The maximum absolute atomic E-state index is 14.7. The first-order valence-electron chi connectivity index (χ1n) is 41.7. The van der Waals surface area contributed by atoms with Crippen molar-refractivity contribution in [3.05, 3.63) is 137 Å². The Labute approximate surface area is 712 Å². The number of benzene rings is 3. The molecule has 6 heterocycles. The van der Waals surface area contributed by atoms with Crippen molar-refractivity contribution in [2.45, 2.75) is 213 Å². The van der Waals surface area contributed by atoms with Crippen LogP contribution in [-0.4, -0.2) is 181 Å². The van der Waals surface area contributed by atoms with Gasteiger partial charge >= 0.3 is 23.9 Å². The molecule has 16 atom stereocenters. The van der Waals surface area contributed by atoms with Crippen LogP contribution in [0.3, 0.4) is 0 Å². The Bertz CT molecular complexity index is 5300. The minimum atomic E-state index is -4.24. The zero-order chi connectivity index (χ0) is 87.3. The molecule has 121 heavy (non-hydrogen) atoms. The Morgan fingerprint density at radius 3 is 1.53 bits per heavy atom. The van der Waals surface area contributed by atoms with Gasteiger partial charge in [-0.25, -0.2) is 14.3 Å². The number of carboxylic acid groups (broad SMARTS) is 2. The number of anilines is 2. The van der Waals surface area contributed by atoms with Gasteiger partial charge in [-0.1, -0.05) is 69.6 Å². The number of pyridine rings is 2. The number of amides is 2. The number of allylic oxidation sites excluding steroid dienone is 2. The fourth-order valence-electron chi connectivity index (χ4n) is 17.9. The Morgan fingerprint density at radius 2 is 1.07 bits per heavy atom. The molecule has 6 aliphatic carbocycles. The summed E-state index contributed by atoms with van der Waals surface area (Å²) in [6.07, 6.45) is 10.3. The summed E-state index contributed by atoms with van der Waals surface area (Å²) in [4.78, 5) is 131. The first-order valence-corrected chi connectivity index (χ1v) is 43.9. The third-order valence-electron chi connectivity index (χ3n) is 25.1. The standard InChI is InChI=1S/C42H53N5O8.C32H40BrNO9S.C16H18N4O2/c1-8-26-20-42(26,40(51)52)21-34(48)33-17-29(22-46(33)39(50)31(41(4,5)6)18-38(49)55-28-14-24-13-25(24)15-28)54-35-19-37(47-12-11-36(45-47)43-23(2)3)44-32-16-27(53-7)9-10-30(32)35;1-5-20-15-32(20,30(38)39)16-27(35)26-13-23(43-44(40,41)24-8-6-21(33)7-9-24)17-34(26)29(37)25(31(2,3)4)14-28(36)42-22-11-18-10-19(18)12-22;1-10(2)17-15-6-7-20(19-15)16-9-14(21)12-5-4-11(22-3)8-13(12)18-16/h8-12,16,19,23-26,28-29,31,33H,1,13-15,17-18,20-22H2,2-7H3,(H,43,45)(H,51,52);5-9,18-20,22-23,25-26H,1,10-17H2,2-4H3,(H,38,39);4-10H,1-3H3,(H,17,19)(H,18,21)/t24-,25+,26-,28?,29-,31-,33+,42-;18-,19+,20-,22?,23+,25-,26+,32-;/m11./s1. The average molecular weight is 1750 g/mol. The molecule has 7 aromatic rings. The van der Waals surface area contributed by atoms with Gasteiger partial charge in [0.1, 0.15) is 53.0 Å². The van der Waals surface area contributed by atoms with Crippen molar-refractivity contribution < 1.29 is 84.9 Å². The molecule has 0 radical (unpaired) electrons. The molecule has 2 aliphatic heterocycles. The van der Waals surface area contributed by atoms with Crippen molar-refractivity contribution in [1.82, 2.24) is 39.3 Å². The molecule has 0 spiro atoms. The highest BCUT2D eigenvalue weighted by Gasteiger charge is 2.63. The largest absolute Gasteiger partial charge is 0.497 e. The van der Waals surface area contributed by atoms with E-state index in [1.54, 1.807) is 84.4 Å². The molecule has 29 nitrogen and oxygen atoms in total. The number of carbonyl (C=O) groups is 8. The van der Waals surface area contributed by atoms with E-state index in [1.165, 1.54) is 40.9 Å². The van der Waals surface area contributed by atoms with Crippen molar-refractivity contribution >= 4 is 107 Å². The molecule has 15 rings (SSSR count). The summed E-state index contributed by atoms with van der Waals surface area (Å²) < 4.78 is 64.8. The van der Waals surface area contributed by atoms with Gasteiger partial charge in [-0.2, -0.15) is 8.42 Å². The first-order chi connectivity index (χ1) is 57.2. The van der Waals surface area contributed by atoms with E-state index in [-0.39, 0.29) is 110 Å². The minimum absolute atomic E-state index is 0.0553. The van der Waals surface area contributed by atoms with E-state index >= 15 is 0 Å². The molecule has 0 bridgehead atoms.